The number of halogens is 1. The fourth-order valence-corrected chi connectivity index (χ4v) is 3.58. The molecule has 2 aliphatic heterocycles. The maximum atomic E-state index is 13.1. The van der Waals surface area contributed by atoms with Crippen molar-refractivity contribution in [3.05, 3.63) is 35.6 Å². The highest BCUT2D eigenvalue weighted by atomic mass is 19.1. The third kappa shape index (κ3) is 5.72. The summed E-state index contributed by atoms with van der Waals surface area (Å²) in [6.07, 6.45) is -0.128. The van der Waals surface area contributed by atoms with Crippen molar-refractivity contribution >= 4 is 5.91 Å². The Balaban J connectivity index is 1.46. The SMILES string of the molecule is CC(C)(CNC(=O)CN1CCOC(c2ccc(F)cc2)C1)N1CCOCC1. The maximum absolute atomic E-state index is 13.1. The molecular weight excluding hydrogens is 349 g/mol. The van der Waals surface area contributed by atoms with Crippen molar-refractivity contribution in [2.45, 2.75) is 25.5 Å². The molecule has 6 nitrogen and oxygen atoms in total. The van der Waals surface area contributed by atoms with Crippen molar-refractivity contribution in [2.24, 2.45) is 0 Å². The second-order valence-corrected chi connectivity index (χ2v) is 7.83. The Hall–Kier alpha value is -1.54. The number of rotatable bonds is 6. The smallest absolute Gasteiger partial charge is 0.234 e. The van der Waals surface area contributed by atoms with Crippen LogP contribution in [0.4, 0.5) is 4.39 Å². The summed E-state index contributed by atoms with van der Waals surface area (Å²) >= 11 is 0. The molecule has 0 saturated carbocycles. The van der Waals surface area contributed by atoms with E-state index in [0.717, 1.165) is 38.4 Å². The number of benzene rings is 1. The van der Waals surface area contributed by atoms with Crippen molar-refractivity contribution in [3.63, 3.8) is 0 Å². The molecule has 1 N–H and O–H groups in total. The Labute approximate surface area is 160 Å². The summed E-state index contributed by atoms with van der Waals surface area (Å²) in [5.74, 6) is -0.232. The standard InChI is InChI=1S/C20H30FN3O3/c1-20(2,24-8-10-26-11-9-24)15-22-19(25)14-23-7-12-27-18(13-23)16-3-5-17(21)6-4-16/h3-6,18H,7-15H2,1-2H3,(H,22,25). The number of hydrogen-bond donors (Lipinski definition) is 1. The lowest BCUT2D eigenvalue weighted by molar-refractivity contribution is -0.125. The number of nitrogens with one attached hydrogen (secondary N) is 1. The van der Waals surface area contributed by atoms with Crippen LogP contribution in [0, 0.1) is 5.82 Å². The molecule has 2 aliphatic rings. The van der Waals surface area contributed by atoms with E-state index < -0.39 is 0 Å². The molecule has 1 aromatic rings. The van der Waals surface area contributed by atoms with Crippen LogP contribution in [0.1, 0.15) is 25.5 Å². The summed E-state index contributed by atoms with van der Waals surface area (Å²) < 4.78 is 24.3. The number of hydrogen-bond acceptors (Lipinski definition) is 5. The zero-order valence-corrected chi connectivity index (χ0v) is 16.2. The van der Waals surface area contributed by atoms with Crippen molar-refractivity contribution in [1.29, 1.82) is 0 Å². The zero-order chi connectivity index (χ0) is 19.3. The molecule has 150 valence electrons. The van der Waals surface area contributed by atoms with Crippen LogP contribution in [-0.4, -0.2) is 80.3 Å². The van der Waals surface area contributed by atoms with Gasteiger partial charge in [0.05, 0.1) is 32.5 Å². The molecule has 0 aliphatic carbocycles. The van der Waals surface area contributed by atoms with Gasteiger partial charge in [0.1, 0.15) is 5.82 Å². The minimum atomic E-state index is -0.256. The quantitative estimate of drug-likeness (QED) is 0.810. The fraction of sp³-hybridized carbons (Fsp3) is 0.650. The third-order valence-corrected chi connectivity index (χ3v) is 5.34. The van der Waals surface area contributed by atoms with Gasteiger partial charge < -0.3 is 14.8 Å². The van der Waals surface area contributed by atoms with E-state index in [0.29, 0.717) is 26.2 Å². The normalized spacial score (nSPS) is 22.6. The van der Waals surface area contributed by atoms with Gasteiger partial charge in [-0.15, -0.1) is 0 Å². The summed E-state index contributed by atoms with van der Waals surface area (Å²) in [6, 6.07) is 6.37. The fourth-order valence-electron chi connectivity index (χ4n) is 3.58. The van der Waals surface area contributed by atoms with Crippen LogP contribution >= 0.6 is 0 Å². The first kappa shape index (κ1) is 20.2. The van der Waals surface area contributed by atoms with E-state index in [2.05, 4.69) is 29.0 Å². The highest BCUT2D eigenvalue weighted by molar-refractivity contribution is 5.78. The van der Waals surface area contributed by atoms with Gasteiger partial charge in [-0.05, 0) is 31.5 Å². The van der Waals surface area contributed by atoms with E-state index >= 15 is 0 Å². The Bertz CT molecular complexity index is 617. The van der Waals surface area contributed by atoms with Crippen molar-refractivity contribution in [1.82, 2.24) is 15.1 Å². The lowest BCUT2D eigenvalue weighted by Gasteiger charge is -2.41. The van der Waals surface area contributed by atoms with Gasteiger partial charge in [0.25, 0.3) is 0 Å². The van der Waals surface area contributed by atoms with Gasteiger partial charge in [-0.2, -0.15) is 0 Å². The Morgan fingerprint density at radius 2 is 1.89 bits per heavy atom. The molecule has 3 rings (SSSR count). The van der Waals surface area contributed by atoms with E-state index in [9.17, 15) is 9.18 Å². The number of morpholine rings is 2. The van der Waals surface area contributed by atoms with E-state index in [1.807, 2.05) is 0 Å². The number of carbonyl (C=O) groups is 1. The van der Waals surface area contributed by atoms with Crippen LogP contribution in [0.2, 0.25) is 0 Å². The average molecular weight is 379 g/mol. The van der Waals surface area contributed by atoms with Gasteiger partial charge in [0.15, 0.2) is 0 Å². The molecule has 1 aromatic carbocycles. The monoisotopic (exact) mass is 379 g/mol. The Morgan fingerprint density at radius 1 is 1.19 bits per heavy atom. The molecule has 7 heteroatoms. The van der Waals surface area contributed by atoms with E-state index in [1.165, 1.54) is 12.1 Å². The van der Waals surface area contributed by atoms with Gasteiger partial charge in [-0.25, -0.2) is 4.39 Å². The summed E-state index contributed by atoms with van der Waals surface area (Å²) in [5.41, 5.74) is 0.844. The number of amides is 1. The molecule has 1 atom stereocenters. The van der Waals surface area contributed by atoms with Crippen molar-refractivity contribution in [2.75, 3.05) is 59.1 Å². The summed E-state index contributed by atoms with van der Waals surface area (Å²) in [7, 11) is 0. The van der Waals surface area contributed by atoms with Gasteiger partial charge in [-0.1, -0.05) is 12.1 Å². The second kappa shape index (κ2) is 9.10. The van der Waals surface area contributed by atoms with Crippen LogP contribution in [0.5, 0.6) is 0 Å². The molecule has 1 amide bonds. The molecule has 2 heterocycles. The van der Waals surface area contributed by atoms with Gasteiger partial charge >= 0.3 is 0 Å². The summed E-state index contributed by atoms with van der Waals surface area (Å²) in [5, 5.41) is 3.08. The Kier molecular flexibility index (Phi) is 6.81. The molecular formula is C20H30FN3O3. The van der Waals surface area contributed by atoms with Crippen LogP contribution in [0.15, 0.2) is 24.3 Å². The van der Waals surface area contributed by atoms with Gasteiger partial charge in [-0.3, -0.25) is 14.6 Å². The summed E-state index contributed by atoms with van der Waals surface area (Å²) in [4.78, 5) is 16.9. The van der Waals surface area contributed by atoms with Crippen LogP contribution in [-0.2, 0) is 14.3 Å². The summed E-state index contributed by atoms with van der Waals surface area (Å²) in [6.45, 7) is 10.5. The highest BCUT2D eigenvalue weighted by Gasteiger charge is 2.29. The molecule has 2 fully saturated rings. The highest BCUT2D eigenvalue weighted by Crippen LogP contribution is 2.22. The number of ether oxygens (including phenoxy) is 2. The molecule has 0 spiro atoms. The van der Waals surface area contributed by atoms with Crippen LogP contribution in [0.25, 0.3) is 0 Å². The van der Waals surface area contributed by atoms with E-state index in [1.54, 1.807) is 12.1 Å². The number of nitrogens with zero attached hydrogens (tertiary/aromatic N) is 2. The zero-order valence-electron chi connectivity index (χ0n) is 16.2. The largest absolute Gasteiger partial charge is 0.379 e. The van der Waals surface area contributed by atoms with Gasteiger partial charge in [0.2, 0.25) is 5.91 Å². The third-order valence-electron chi connectivity index (χ3n) is 5.34. The van der Waals surface area contributed by atoms with E-state index in [4.69, 9.17) is 9.47 Å². The first-order chi connectivity index (χ1) is 12.9. The first-order valence-electron chi connectivity index (χ1n) is 9.63. The lowest BCUT2D eigenvalue weighted by atomic mass is 10.0. The van der Waals surface area contributed by atoms with Crippen LogP contribution < -0.4 is 5.32 Å². The minimum absolute atomic E-state index is 0.0242. The molecule has 0 bridgehead atoms. The molecule has 27 heavy (non-hydrogen) atoms. The van der Waals surface area contributed by atoms with Crippen molar-refractivity contribution < 1.29 is 18.7 Å². The Morgan fingerprint density at radius 3 is 2.59 bits per heavy atom. The van der Waals surface area contributed by atoms with Gasteiger partial charge in [0, 0.05) is 38.3 Å². The topological polar surface area (TPSA) is 54.0 Å². The number of carbonyl (C=O) groups excluding carboxylic acids is 1. The van der Waals surface area contributed by atoms with Crippen LogP contribution in [0.3, 0.4) is 0 Å². The maximum Gasteiger partial charge on any atom is 0.234 e. The molecule has 2 saturated heterocycles. The minimum Gasteiger partial charge on any atom is -0.379 e. The van der Waals surface area contributed by atoms with Crippen molar-refractivity contribution in [3.8, 4) is 0 Å². The predicted molar refractivity (Wildman–Crippen MR) is 101 cm³/mol. The molecule has 0 aromatic heterocycles. The second-order valence-electron chi connectivity index (χ2n) is 7.83. The predicted octanol–water partition coefficient (Wildman–Crippen LogP) is 1.43. The molecule has 1 unspecified atom stereocenters. The average Bonchev–Trinajstić information content (AvgIpc) is 2.68. The van der Waals surface area contributed by atoms with E-state index in [-0.39, 0.29) is 23.4 Å². The lowest BCUT2D eigenvalue weighted by Crippen LogP contribution is -2.56. The first-order valence-corrected chi connectivity index (χ1v) is 9.63. The molecule has 0 radical (unpaired) electrons.